The maximum Gasteiger partial charge on any atom is 0.303 e. The molecule has 9 nitrogen and oxygen atoms in total. The Morgan fingerprint density at radius 3 is 2.51 bits per heavy atom. The molecule has 2 aliphatic heterocycles. The molecule has 1 N–H and O–H groups in total. The van der Waals surface area contributed by atoms with Crippen molar-refractivity contribution in [2.24, 2.45) is 0 Å². The third kappa shape index (κ3) is 6.04. The predicted octanol–water partition coefficient (Wildman–Crippen LogP) is 4.84. The summed E-state index contributed by atoms with van der Waals surface area (Å²) in [5, 5.41) is 1.62. The van der Waals surface area contributed by atoms with E-state index >= 15 is 0 Å². The maximum atomic E-state index is 13.8. The first kappa shape index (κ1) is 30.0. The molecule has 6 rings (SSSR count). The van der Waals surface area contributed by atoms with Crippen molar-refractivity contribution in [1.29, 1.82) is 0 Å². The molecule has 11 heteroatoms. The number of ketones is 1. The van der Waals surface area contributed by atoms with Crippen molar-refractivity contribution in [2.75, 3.05) is 46.9 Å². The number of benzene rings is 2. The number of hydrogen-bond donors (Lipinski definition) is 1. The van der Waals surface area contributed by atoms with Crippen LogP contribution in [0.25, 0.3) is 28.2 Å². The van der Waals surface area contributed by atoms with Crippen molar-refractivity contribution < 1.29 is 22.7 Å². The van der Waals surface area contributed by atoms with E-state index in [0.29, 0.717) is 36.2 Å². The van der Waals surface area contributed by atoms with E-state index in [1.54, 1.807) is 12.1 Å². The third-order valence-corrected chi connectivity index (χ3v) is 10.6. The molecule has 43 heavy (non-hydrogen) atoms. The summed E-state index contributed by atoms with van der Waals surface area (Å²) >= 11 is 6.49. The number of carbonyl (C=O) groups excluding carboxylic acids is 2. The predicted molar refractivity (Wildman–Crippen MR) is 169 cm³/mol. The summed E-state index contributed by atoms with van der Waals surface area (Å²) < 4.78 is 37.0. The van der Waals surface area contributed by atoms with Crippen LogP contribution >= 0.6 is 11.6 Å². The molecule has 0 spiro atoms. The number of halogens is 1. The smallest absolute Gasteiger partial charge is 0.303 e. The lowest BCUT2D eigenvalue weighted by Gasteiger charge is -2.24. The van der Waals surface area contributed by atoms with Crippen molar-refractivity contribution >= 4 is 50.5 Å². The van der Waals surface area contributed by atoms with Gasteiger partial charge in [0, 0.05) is 52.8 Å². The average Bonchev–Trinajstić information content (AvgIpc) is 3.19. The van der Waals surface area contributed by atoms with Gasteiger partial charge in [-0.25, -0.2) is 4.72 Å². The lowest BCUT2D eigenvalue weighted by Crippen LogP contribution is -2.42. The van der Waals surface area contributed by atoms with Crippen molar-refractivity contribution in [2.45, 2.75) is 44.6 Å². The highest BCUT2D eigenvalue weighted by molar-refractivity contribution is 7.87. The summed E-state index contributed by atoms with van der Waals surface area (Å²) in [5.41, 5.74) is 5.81. The zero-order valence-corrected chi connectivity index (χ0v) is 26.1. The Labute approximate surface area is 257 Å². The van der Waals surface area contributed by atoms with Gasteiger partial charge in [-0.1, -0.05) is 43.0 Å². The highest BCUT2D eigenvalue weighted by Gasteiger charge is 2.31. The molecule has 1 aliphatic carbocycles. The first-order valence-corrected chi connectivity index (χ1v) is 16.7. The Morgan fingerprint density at radius 1 is 0.953 bits per heavy atom. The quantitative estimate of drug-likeness (QED) is 0.416. The topological polar surface area (TPSA) is 101 Å². The van der Waals surface area contributed by atoms with Crippen molar-refractivity contribution in [3.05, 3.63) is 63.7 Å². The molecule has 228 valence electrons. The normalized spacial score (nSPS) is 21.2. The second kappa shape index (κ2) is 12.2. The number of nitrogens with zero attached hydrogens (tertiary/aromatic N) is 3. The summed E-state index contributed by atoms with van der Waals surface area (Å²) in [5.74, 6) is -0.377. The molecule has 0 atom stereocenters. The SMILES string of the molecule is CN1CCOCCN(C)S(=O)(=O)NC(=O)c2ccc3c(C4CCCCC4)c4n(c3c2)CC(=Cc2cc(Cl)ccc2-4)C(=O)C1. The number of rotatable bonds is 1. The lowest BCUT2D eigenvalue weighted by molar-refractivity contribution is -0.116. The fourth-order valence-corrected chi connectivity index (χ4v) is 7.54. The largest absolute Gasteiger partial charge is 0.379 e. The number of Topliss-reactive ketones (excluding diaryl/α,β-unsaturated/α-hetero) is 1. The maximum absolute atomic E-state index is 13.8. The fourth-order valence-electron chi connectivity index (χ4n) is 6.53. The zero-order chi connectivity index (χ0) is 30.3. The van der Waals surface area contributed by atoms with Gasteiger partial charge in [0.25, 0.3) is 5.91 Å². The molecule has 3 aromatic rings. The standard InChI is InChI=1S/C32H37ClN4O5S/c1-35-12-14-42-15-13-36(2)43(40,41)34-32(39)22-8-10-27-28(18-22)37-19-24(29(38)20-35)16-23-17-25(33)9-11-26(23)31(37)30(27)21-6-4-3-5-7-21/h8-11,16-18,21H,3-7,12-15,19-20H2,1-2H3,(H,34,39). The molecule has 0 radical (unpaired) electrons. The Bertz CT molecular complexity index is 1720. The first-order valence-electron chi connectivity index (χ1n) is 14.9. The van der Waals surface area contributed by atoms with Gasteiger partial charge in [0.1, 0.15) is 0 Å². The minimum absolute atomic E-state index is 0.00295. The molecule has 3 aliphatic rings. The van der Waals surface area contributed by atoms with Crippen molar-refractivity contribution in [3.8, 4) is 11.3 Å². The average molecular weight is 625 g/mol. The Morgan fingerprint density at radius 2 is 1.72 bits per heavy atom. The summed E-state index contributed by atoms with van der Waals surface area (Å²) in [6, 6.07) is 11.2. The number of ether oxygens (including phenoxy) is 1. The Kier molecular flexibility index (Phi) is 8.50. The van der Waals surface area contributed by atoms with E-state index in [1.807, 2.05) is 42.3 Å². The van der Waals surface area contributed by atoms with E-state index in [0.717, 1.165) is 57.7 Å². The second-order valence-electron chi connectivity index (χ2n) is 11.8. The van der Waals surface area contributed by atoms with Gasteiger partial charge in [0.15, 0.2) is 5.78 Å². The highest BCUT2D eigenvalue weighted by atomic mass is 35.5. The van der Waals surface area contributed by atoms with E-state index in [1.165, 1.54) is 19.0 Å². The molecule has 0 saturated heterocycles. The summed E-state index contributed by atoms with van der Waals surface area (Å²) in [6.07, 6.45) is 7.58. The van der Waals surface area contributed by atoms with E-state index in [-0.39, 0.29) is 31.0 Å². The van der Waals surface area contributed by atoms with Gasteiger partial charge >= 0.3 is 10.2 Å². The lowest BCUT2D eigenvalue weighted by atomic mass is 9.81. The van der Waals surface area contributed by atoms with Gasteiger partial charge in [0.2, 0.25) is 0 Å². The van der Waals surface area contributed by atoms with Crippen LogP contribution in [0, 0.1) is 0 Å². The van der Waals surface area contributed by atoms with Gasteiger partial charge in [-0.3, -0.25) is 14.5 Å². The van der Waals surface area contributed by atoms with Crippen molar-refractivity contribution in [3.63, 3.8) is 0 Å². The highest BCUT2D eigenvalue weighted by Crippen LogP contribution is 2.47. The summed E-state index contributed by atoms with van der Waals surface area (Å²) in [6.45, 7) is 1.59. The molecule has 1 fully saturated rings. The number of hydrogen-bond acceptors (Lipinski definition) is 6. The van der Waals surface area contributed by atoms with Crippen LogP contribution < -0.4 is 4.72 Å². The molecule has 1 aromatic heterocycles. The zero-order valence-electron chi connectivity index (χ0n) is 24.6. The van der Waals surface area contributed by atoms with Gasteiger partial charge in [0.05, 0.1) is 32.0 Å². The van der Waals surface area contributed by atoms with E-state index < -0.39 is 16.1 Å². The Balaban J connectivity index is 1.57. The number of nitrogens with one attached hydrogen (secondary N) is 1. The fraction of sp³-hybridized carbons (Fsp3) is 0.438. The minimum Gasteiger partial charge on any atom is -0.379 e. The molecule has 4 bridgehead atoms. The van der Waals surface area contributed by atoms with Crippen LogP contribution in [0.4, 0.5) is 0 Å². The van der Waals surface area contributed by atoms with E-state index in [9.17, 15) is 18.0 Å². The molecular weight excluding hydrogens is 588 g/mol. The Hall–Kier alpha value is -3.02. The van der Waals surface area contributed by atoms with Crippen LogP contribution in [0.15, 0.2) is 42.0 Å². The van der Waals surface area contributed by atoms with Gasteiger partial charge in [-0.05, 0) is 67.3 Å². The molecule has 1 saturated carbocycles. The monoisotopic (exact) mass is 624 g/mol. The van der Waals surface area contributed by atoms with Crippen LogP contribution in [-0.4, -0.2) is 80.8 Å². The molecular formula is C32H37ClN4O5S. The molecule has 2 aromatic carbocycles. The van der Waals surface area contributed by atoms with Crippen LogP contribution in [0.2, 0.25) is 5.02 Å². The number of aromatic nitrogens is 1. The molecule has 3 heterocycles. The minimum atomic E-state index is -4.08. The summed E-state index contributed by atoms with van der Waals surface area (Å²) in [4.78, 5) is 29.1. The van der Waals surface area contributed by atoms with E-state index in [2.05, 4.69) is 9.29 Å². The summed E-state index contributed by atoms with van der Waals surface area (Å²) in [7, 11) is -0.797. The molecule has 0 unspecified atom stereocenters. The number of carbonyl (C=O) groups is 2. The van der Waals surface area contributed by atoms with Crippen LogP contribution in [0.3, 0.4) is 0 Å². The van der Waals surface area contributed by atoms with Gasteiger partial charge in [-0.15, -0.1) is 0 Å². The van der Waals surface area contributed by atoms with Crippen molar-refractivity contribution in [1.82, 2.24) is 18.5 Å². The van der Waals surface area contributed by atoms with Crippen LogP contribution in [-0.2, 0) is 26.3 Å². The van der Waals surface area contributed by atoms with Crippen LogP contribution in [0.1, 0.15) is 59.5 Å². The second-order valence-corrected chi connectivity index (χ2v) is 14.1. The van der Waals surface area contributed by atoms with Gasteiger partial charge in [-0.2, -0.15) is 12.7 Å². The number of fused-ring (bicyclic) bond motifs is 4. The first-order chi connectivity index (χ1) is 20.6. The van der Waals surface area contributed by atoms with Crippen LogP contribution in [0.5, 0.6) is 0 Å². The molecule has 1 amide bonds. The van der Waals surface area contributed by atoms with E-state index in [4.69, 9.17) is 16.3 Å². The number of likely N-dealkylation sites (N-methyl/N-ethyl adjacent to an activating group) is 2. The van der Waals surface area contributed by atoms with Gasteiger partial charge < -0.3 is 9.30 Å². The number of amides is 1. The third-order valence-electron chi connectivity index (χ3n) is 8.88.